The maximum absolute atomic E-state index is 10.4. The fourth-order valence-electron chi connectivity index (χ4n) is 5.14. The Hall–Kier alpha value is -2.74. The highest BCUT2D eigenvalue weighted by atomic mass is 16.3. The van der Waals surface area contributed by atoms with E-state index in [0.29, 0.717) is 11.7 Å². The third kappa shape index (κ3) is 5.12. The molecular formula is C29H35NO. The zero-order valence-corrected chi connectivity index (χ0v) is 18.9. The molecule has 2 nitrogen and oxygen atoms in total. The molecule has 0 bridgehead atoms. The molecule has 1 aliphatic carbocycles. The first kappa shape index (κ1) is 21.5. The van der Waals surface area contributed by atoms with Crippen molar-refractivity contribution in [2.45, 2.75) is 51.4 Å². The van der Waals surface area contributed by atoms with Gasteiger partial charge in [-0.2, -0.15) is 0 Å². The SMILES string of the molecule is C/C=C\C(O)=C\C1=CCCC(c2ccccc2)C1c1ccc(N2CCC(C)CC2)cc1. The minimum atomic E-state index is 0.249. The Balaban J connectivity index is 1.66. The number of piperidine rings is 1. The maximum atomic E-state index is 10.4. The minimum Gasteiger partial charge on any atom is -0.508 e. The topological polar surface area (TPSA) is 23.5 Å². The lowest BCUT2D eigenvalue weighted by Gasteiger charge is -2.34. The quantitative estimate of drug-likeness (QED) is 0.404. The Bertz CT molecular complexity index is 930. The van der Waals surface area contributed by atoms with Gasteiger partial charge >= 0.3 is 0 Å². The number of aliphatic hydroxyl groups excluding tert-OH is 1. The summed E-state index contributed by atoms with van der Waals surface area (Å²) in [6.07, 6.45) is 12.6. The molecule has 1 fully saturated rings. The molecule has 2 atom stereocenters. The lowest BCUT2D eigenvalue weighted by atomic mass is 9.71. The zero-order valence-electron chi connectivity index (χ0n) is 18.9. The van der Waals surface area contributed by atoms with Gasteiger partial charge in [-0.15, -0.1) is 0 Å². The number of nitrogens with zero attached hydrogens (tertiary/aromatic N) is 1. The number of hydrogen-bond donors (Lipinski definition) is 1. The van der Waals surface area contributed by atoms with Crippen LogP contribution in [0.5, 0.6) is 0 Å². The summed E-state index contributed by atoms with van der Waals surface area (Å²) < 4.78 is 0. The Morgan fingerprint density at radius 1 is 0.935 bits per heavy atom. The van der Waals surface area contributed by atoms with Crippen LogP contribution in [-0.2, 0) is 0 Å². The van der Waals surface area contributed by atoms with Crippen molar-refractivity contribution in [1.29, 1.82) is 0 Å². The number of benzene rings is 2. The van der Waals surface area contributed by atoms with Gasteiger partial charge in [0.15, 0.2) is 0 Å². The van der Waals surface area contributed by atoms with Crippen LogP contribution in [0.2, 0.25) is 0 Å². The van der Waals surface area contributed by atoms with Gasteiger partial charge in [0.2, 0.25) is 0 Å². The largest absolute Gasteiger partial charge is 0.508 e. The lowest BCUT2D eigenvalue weighted by molar-refractivity contribution is 0.429. The summed E-state index contributed by atoms with van der Waals surface area (Å²) in [4.78, 5) is 2.52. The first-order chi connectivity index (χ1) is 15.2. The zero-order chi connectivity index (χ0) is 21.6. The summed E-state index contributed by atoms with van der Waals surface area (Å²) in [6.45, 7) is 6.60. The monoisotopic (exact) mass is 413 g/mol. The van der Waals surface area contributed by atoms with Crippen LogP contribution in [0.4, 0.5) is 5.69 Å². The molecule has 0 spiro atoms. The van der Waals surface area contributed by atoms with E-state index in [1.807, 2.05) is 19.1 Å². The summed E-state index contributed by atoms with van der Waals surface area (Å²) in [5.74, 6) is 1.83. The van der Waals surface area contributed by atoms with Crippen molar-refractivity contribution in [3.63, 3.8) is 0 Å². The minimum absolute atomic E-state index is 0.249. The van der Waals surface area contributed by atoms with Crippen LogP contribution in [0.15, 0.2) is 90.2 Å². The average molecular weight is 414 g/mol. The molecule has 2 heteroatoms. The molecule has 0 aromatic heterocycles. The Labute approximate surface area is 187 Å². The summed E-state index contributed by atoms with van der Waals surface area (Å²) in [5.41, 5.74) is 5.26. The van der Waals surface area contributed by atoms with E-state index in [4.69, 9.17) is 0 Å². The first-order valence-corrected chi connectivity index (χ1v) is 11.8. The summed E-state index contributed by atoms with van der Waals surface area (Å²) >= 11 is 0. The first-order valence-electron chi connectivity index (χ1n) is 11.8. The molecule has 31 heavy (non-hydrogen) atoms. The van der Waals surface area contributed by atoms with E-state index in [9.17, 15) is 5.11 Å². The Kier molecular flexibility index (Phi) is 6.96. The van der Waals surface area contributed by atoms with Gasteiger partial charge in [0.25, 0.3) is 0 Å². The second kappa shape index (κ2) is 10.0. The fraction of sp³-hybridized carbons (Fsp3) is 0.379. The summed E-state index contributed by atoms with van der Waals surface area (Å²) in [7, 11) is 0. The third-order valence-corrected chi connectivity index (χ3v) is 6.90. The van der Waals surface area contributed by atoms with Crippen LogP contribution in [0, 0.1) is 5.92 Å². The van der Waals surface area contributed by atoms with Crippen molar-refractivity contribution in [2.24, 2.45) is 5.92 Å². The highest BCUT2D eigenvalue weighted by molar-refractivity contribution is 5.51. The predicted octanol–water partition coefficient (Wildman–Crippen LogP) is 7.53. The van der Waals surface area contributed by atoms with Gasteiger partial charge in [-0.25, -0.2) is 0 Å². The van der Waals surface area contributed by atoms with Gasteiger partial charge in [0.05, 0.1) is 0 Å². The van der Waals surface area contributed by atoms with Gasteiger partial charge in [-0.3, -0.25) is 0 Å². The van der Waals surface area contributed by atoms with Crippen LogP contribution >= 0.6 is 0 Å². The summed E-state index contributed by atoms with van der Waals surface area (Å²) in [5, 5.41) is 10.4. The van der Waals surface area contributed by atoms with Gasteiger partial charge in [0, 0.05) is 24.7 Å². The van der Waals surface area contributed by atoms with Crippen molar-refractivity contribution in [3.05, 3.63) is 101 Å². The van der Waals surface area contributed by atoms with Crippen LogP contribution < -0.4 is 4.90 Å². The van der Waals surface area contributed by atoms with E-state index in [1.54, 1.807) is 6.08 Å². The summed E-state index contributed by atoms with van der Waals surface area (Å²) in [6, 6.07) is 20.1. The molecule has 2 aromatic rings. The van der Waals surface area contributed by atoms with Crippen LogP contribution in [0.25, 0.3) is 0 Å². The molecular weight excluding hydrogens is 378 g/mol. The van der Waals surface area contributed by atoms with E-state index in [-0.39, 0.29) is 5.92 Å². The molecule has 4 rings (SSSR count). The highest BCUT2D eigenvalue weighted by Crippen LogP contribution is 2.45. The molecule has 1 N–H and O–H groups in total. The maximum Gasteiger partial charge on any atom is 0.115 e. The average Bonchev–Trinajstić information content (AvgIpc) is 2.80. The Morgan fingerprint density at radius 2 is 1.65 bits per heavy atom. The van der Waals surface area contributed by atoms with Crippen LogP contribution in [-0.4, -0.2) is 18.2 Å². The second-order valence-electron chi connectivity index (χ2n) is 9.11. The molecule has 0 saturated carbocycles. The standard InChI is InChI=1S/C29H35NO/c1-3-8-27(31)21-25-11-7-12-28(23-9-5-4-6-10-23)29(25)24-13-15-26(16-14-24)30-19-17-22(2)18-20-30/h3-6,8-11,13-16,21-22,28-29,31H,7,12,17-20H2,1-2H3/b8-3-,27-21-. The van der Waals surface area contributed by atoms with Crippen LogP contribution in [0.3, 0.4) is 0 Å². The van der Waals surface area contributed by atoms with E-state index < -0.39 is 0 Å². The number of hydrogen-bond acceptors (Lipinski definition) is 2. The van der Waals surface area contributed by atoms with E-state index in [0.717, 1.165) is 31.8 Å². The number of aliphatic hydroxyl groups is 1. The smallest absolute Gasteiger partial charge is 0.115 e. The molecule has 1 saturated heterocycles. The normalized spacial score (nSPS) is 23.2. The molecule has 162 valence electrons. The van der Waals surface area contributed by atoms with E-state index in [2.05, 4.69) is 72.5 Å². The van der Waals surface area contributed by atoms with Crippen molar-refractivity contribution in [2.75, 3.05) is 18.0 Å². The van der Waals surface area contributed by atoms with Crippen molar-refractivity contribution < 1.29 is 5.11 Å². The van der Waals surface area contributed by atoms with Gasteiger partial charge in [-0.05, 0) is 85.4 Å². The van der Waals surface area contributed by atoms with Gasteiger partial charge < -0.3 is 10.0 Å². The fourth-order valence-corrected chi connectivity index (χ4v) is 5.14. The molecule has 1 heterocycles. The van der Waals surface area contributed by atoms with Crippen LogP contribution in [0.1, 0.15) is 62.5 Å². The molecule has 2 aromatic carbocycles. The number of rotatable bonds is 5. The number of anilines is 1. The third-order valence-electron chi connectivity index (χ3n) is 6.90. The highest BCUT2D eigenvalue weighted by Gasteiger charge is 2.30. The molecule has 2 unspecified atom stereocenters. The number of allylic oxidation sites excluding steroid dienone is 5. The van der Waals surface area contributed by atoms with Crippen molar-refractivity contribution in [3.8, 4) is 0 Å². The van der Waals surface area contributed by atoms with Crippen molar-refractivity contribution >= 4 is 5.69 Å². The lowest BCUT2D eigenvalue weighted by Crippen LogP contribution is -2.32. The molecule has 2 aliphatic rings. The van der Waals surface area contributed by atoms with Gasteiger partial charge in [0.1, 0.15) is 5.76 Å². The van der Waals surface area contributed by atoms with Gasteiger partial charge in [-0.1, -0.05) is 61.5 Å². The molecule has 0 radical (unpaired) electrons. The Morgan fingerprint density at radius 3 is 2.32 bits per heavy atom. The van der Waals surface area contributed by atoms with Crippen molar-refractivity contribution in [1.82, 2.24) is 0 Å². The van der Waals surface area contributed by atoms with E-state index in [1.165, 1.54) is 35.2 Å². The second-order valence-corrected chi connectivity index (χ2v) is 9.11. The molecule has 1 aliphatic heterocycles. The molecule has 0 amide bonds. The van der Waals surface area contributed by atoms with E-state index >= 15 is 0 Å². The predicted molar refractivity (Wildman–Crippen MR) is 132 cm³/mol.